The molecule has 1 N–H and O–H groups in total. The molecule has 0 aromatic carbocycles. The molecule has 0 saturated heterocycles. The van der Waals surface area contributed by atoms with Crippen molar-refractivity contribution in [1.29, 1.82) is 0 Å². The number of ether oxygens (including phenoxy) is 2. The molecule has 6 heteroatoms. The van der Waals surface area contributed by atoms with Crippen molar-refractivity contribution in [3.63, 3.8) is 0 Å². The Bertz CT molecular complexity index is 382. The zero-order valence-electron chi connectivity index (χ0n) is 11.8. The Balaban J connectivity index is 2.33. The predicted molar refractivity (Wildman–Crippen MR) is 76.6 cm³/mol. The number of nitrogens with one attached hydrogen (secondary N) is 1. The van der Waals surface area contributed by atoms with E-state index in [1.165, 1.54) is 0 Å². The van der Waals surface area contributed by atoms with E-state index in [0.29, 0.717) is 32.7 Å². The van der Waals surface area contributed by atoms with Crippen LogP contribution in [0.5, 0.6) is 0 Å². The van der Waals surface area contributed by atoms with Crippen molar-refractivity contribution < 1.29 is 14.3 Å². The van der Waals surface area contributed by atoms with E-state index < -0.39 is 0 Å². The van der Waals surface area contributed by atoms with E-state index in [-0.39, 0.29) is 12.0 Å². The second-order valence-electron chi connectivity index (χ2n) is 4.15. The van der Waals surface area contributed by atoms with Crippen LogP contribution in [-0.4, -0.2) is 36.8 Å². The highest BCUT2D eigenvalue weighted by Gasteiger charge is 2.08. The summed E-state index contributed by atoms with van der Waals surface area (Å²) in [7, 11) is 0. The molecular formula is C13H22N2O3S. The molecule has 1 aromatic heterocycles. The Morgan fingerprint density at radius 2 is 2.26 bits per heavy atom. The predicted octanol–water partition coefficient (Wildman–Crippen LogP) is 2.48. The summed E-state index contributed by atoms with van der Waals surface area (Å²) < 4.78 is 10.2. The summed E-state index contributed by atoms with van der Waals surface area (Å²) in [5.41, 5.74) is 0.921. The molecule has 0 spiro atoms. The zero-order valence-corrected chi connectivity index (χ0v) is 12.6. The first-order valence-electron chi connectivity index (χ1n) is 6.60. The maximum atomic E-state index is 11.2. The second kappa shape index (κ2) is 8.87. The van der Waals surface area contributed by atoms with Crippen LogP contribution in [0.15, 0.2) is 5.38 Å². The fourth-order valence-electron chi connectivity index (χ4n) is 1.50. The highest BCUT2D eigenvalue weighted by Crippen LogP contribution is 2.17. The first-order valence-corrected chi connectivity index (χ1v) is 7.48. The Labute approximate surface area is 118 Å². The van der Waals surface area contributed by atoms with Gasteiger partial charge in [-0.1, -0.05) is 0 Å². The van der Waals surface area contributed by atoms with Crippen LogP contribution in [0.1, 0.15) is 32.9 Å². The van der Waals surface area contributed by atoms with Gasteiger partial charge in [-0.05, 0) is 20.8 Å². The zero-order chi connectivity index (χ0) is 14.1. The number of thiazole rings is 1. The summed E-state index contributed by atoms with van der Waals surface area (Å²) in [5.74, 6) is -0.172. The average molecular weight is 286 g/mol. The minimum Gasteiger partial charge on any atom is -0.466 e. The lowest BCUT2D eigenvalue weighted by Crippen LogP contribution is -2.21. The summed E-state index contributed by atoms with van der Waals surface area (Å²) >= 11 is 1.55. The van der Waals surface area contributed by atoms with Crippen molar-refractivity contribution in [2.45, 2.75) is 39.7 Å². The van der Waals surface area contributed by atoms with Gasteiger partial charge in [-0.25, -0.2) is 4.98 Å². The molecule has 0 bridgehead atoms. The van der Waals surface area contributed by atoms with Crippen LogP contribution in [0.25, 0.3) is 0 Å². The van der Waals surface area contributed by atoms with Gasteiger partial charge in [-0.2, -0.15) is 0 Å². The number of carbonyl (C=O) groups is 1. The van der Waals surface area contributed by atoms with Gasteiger partial charge in [0.2, 0.25) is 0 Å². The molecule has 1 heterocycles. The number of hydrogen-bond donors (Lipinski definition) is 1. The van der Waals surface area contributed by atoms with Gasteiger partial charge >= 0.3 is 5.97 Å². The van der Waals surface area contributed by atoms with E-state index >= 15 is 0 Å². The summed E-state index contributed by atoms with van der Waals surface area (Å²) in [4.78, 5) is 15.7. The normalized spacial score (nSPS) is 12.2. The first kappa shape index (κ1) is 15.9. The van der Waals surface area contributed by atoms with Gasteiger partial charge in [-0.3, -0.25) is 4.79 Å². The third-order valence-corrected chi connectivity index (χ3v) is 3.21. The maximum absolute atomic E-state index is 11.2. The molecule has 0 radical (unpaired) electrons. The summed E-state index contributed by atoms with van der Waals surface area (Å²) in [5, 5.41) is 6.11. The Kier molecular flexibility index (Phi) is 7.43. The van der Waals surface area contributed by atoms with Crippen LogP contribution in [-0.2, 0) is 20.7 Å². The van der Waals surface area contributed by atoms with Crippen LogP contribution in [0.4, 0.5) is 5.13 Å². The van der Waals surface area contributed by atoms with Gasteiger partial charge < -0.3 is 14.8 Å². The van der Waals surface area contributed by atoms with Crippen LogP contribution >= 0.6 is 11.3 Å². The number of rotatable bonds is 9. The van der Waals surface area contributed by atoms with Gasteiger partial charge in [0, 0.05) is 24.4 Å². The molecule has 0 aliphatic carbocycles. The van der Waals surface area contributed by atoms with Crippen LogP contribution in [0.2, 0.25) is 0 Å². The Hall–Kier alpha value is -1.14. The standard InChI is InChI=1S/C13H22N2O3S/c1-4-17-8-10(3)14-13-15-11(9-19-13)6-7-12(16)18-5-2/h9-10H,4-8H2,1-3H3,(H,14,15). The number of anilines is 1. The minimum atomic E-state index is -0.172. The van der Waals surface area contributed by atoms with Gasteiger partial charge in [0.25, 0.3) is 0 Å². The van der Waals surface area contributed by atoms with E-state index in [1.807, 2.05) is 19.2 Å². The molecule has 0 aliphatic rings. The SMILES string of the molecule is CCOCC(C)Nc1nc(CCC(=O)OCC)cs1. The third-order valence-electron chi connectivity index (χ3n) is 2.38. The molecule has 108 valence electrons. The molecule has 0 amide bonds. The number of esters is 1. The van der Waals surface area contributed by atoms with Crippen molar-refractivity contribution in [3.05, 3.63) is 11.1 Å². The largest absolute Gasteiger partial charge is 0.466 e. The topological polar surface area (TPSA) is 60.5 Å². The van der Waals surface area contributed by atoms with Gasteiger partial charge in [0.05, 0.1) is 25.3 Å². The molecule has 1 unspecified atom stereocenters. The van der Waals surface area contributed by atoms with Crippen molar-refractivity contribution >= 4 is 22.4 Å². The van der Waals surface area contributed by atoms with Crippen LogP contribution in [0.3, 0.4) is 0 Å². The average Bonchev–Trinajstić information content (AvgIpc) is 2.82. The molecule has 0 fully saturated rings. The molecule has 1 rings (SSSR count). The van der Waals surface area contributed by atoms with E-state index in [2.05, 4.69) is 17.2 Å². The number of nitrogens with zero attached hydrogens (tertiary/aromatic N) is 1. The minimum absolute atomic E-state index is 0.172. The fourth-order valence-corrected chi connectivity index (χ4v) is 2.36. The summed E-state index contributed by atoms with van der Waals surface area (Å²) in [6.07, 6.45) is 1.00. The van der Waals surface area contributed by atoms with Crippen molar-refractivity contribution in [1.82, 2.24) is 4.98 Å². The molecule has 1 aromatic rings. The highest BCUT2D eigenvalue weighted by molar-refractivity contribution is 7.13. The highest BCUT2D eigenvalue weighted by atomic mass is 32.1. The van der Waals surface area contributed by atoms with E-state index in [4.69, 9.17) is 9.47 Å². The molecule has 19 heavy (non-hydrogen) atoms. The van der Waals surface area contributed by atoms with Crippen molar-refractivity contribution in [2.75, 3.05) is 25.1 Å². The summed E-state index contributed by atoms with van der Waals surface area (Å²) in [6, 6.07) is 0.226. The third kappa shape index (κ3) is 6.54. The number of aromatic nitrogens is 1. The van der Waals surface area contributed by atoms with Crippen molar-refractivity contribution in [2.24, 2.45) is 0 Å². The van der Waals surface area contributed by atoms with Gasteiger partial charge in [-0.15, -0.1) is 11.3 Å². The van der Waals surface area contributed by atoms with E-state index in [0.717, 1.165) is 10.8 Å². The maximum Gasteiger partial charge on any atom is 0.306 e. The smallest absolute Gasteiger partial charge is 0.306 e. The molecular weight excluding hydrogens is 264 g/mol. The Morgan fingerprint density at radius 3 is 2.95 bits per heavy atom. The van der Waals surface area contributed by atoms with Crippen molar-refractivity contribution in [3.8, 4) is 0 Å². The number of carbonyl (C=O) groups excluding carboxylic acids is 1. The van der Waals surface area contributed by atoms with E-state index in [1.54, 1.807) is 11.3 Å². The second-order valence-corrected chi connectivity index (χ2v) is 5.01. The lowest BCUT2D eigenvalue weighted by atomic mass is 10.2. The summed E-state index contributed by atoms with van der Waals surface area (Å²) in [6.45, 7) is 7.64. The lowest BCUT2D eigenvalue weighted by molar-refractivity contribution is -0.143. The van der Waals surface area contributed by atoms with Gasteiger partial charge in [0.1, 0.15) is 0 Å². The quantitative estimate of drug-likeness (QED) is 0.707. The van der Waals surface area contributed by atoms with Crippen LogP contribution < -0.4 is 5.32 Å². The molecule has 5 nitrogen and oxygen atoms in total. The molecule has 1 atom stereocenters. The van der Waals surface area contributed by atoms with Crippen LogP contribution in [0, 0.1) is 0 Å². The monoisotopic (exact) mass is 286 g/mol. The number of aryl methyl sites for hydroxylation is 1. The first-order chi connectivity index (χ1) is 9.15. The van der Waals surface area contributed by atoms with E-state index in [9.17, 15) is 4.79 Å². The molecule has 0 saturated carbocycles. The number of hydrogen-bond acceptors (Lipinski definition) is 6. The lowest BCUT2D eigenvalue weighted by Gasteiger charge is -2.11. The van der Waals surface area contributed by atoms with Gasteiger partial charge in [0.15, 0.2) is 5.13 Å². The Morgan fingerprint density at radius 1 is 1.47 bits per heavy atom. The fraction of sp³-hybridized carbons (Fsp3) is 0.692. The molecule has 0 aliphatic heterocycles.